The molecule has 16 heteroatoms. The topological polar surface area (TPSA) is 168 Å². The summed E-state index contributed by atoms with van der Waals surface area (Å²) in [6.07, 6.45) is 3.53. The molecule has 0 amide bonds. The Labute approximate surface area is 296 Å². The second-order valence-electron chi connectivity index (χ2n) is 11.6. The molecule has 0 fully saturated rings. The monoisotopic (exact) mass is 717 g/mol. The van der Waals surface area contributed by atoms with Crippen LogP contribution in [0.1, 0.15) is 47.7 Å². The number of rotatable bonds is 15. The van der Waals surface area contributed by atoms with Gasteiger partial charge in [-0.15, -0.1) is 16.0 Å². The Balaban J connectivity index is 1.29. The highest BCUT2D eigenvalue weighted by Crippen LogP contribution is 2.41. The van der Waals surface area contributed by atoms with Crippen molar-refractivity contribution in [2.45, 2.75) is 44.7 Å². The van der Waals surface area contributed by atoms with E-state index < -0.39 is 41.3 Å². The minimum atomic E-state index is -2.03. The molecule has 0 saturated carbocycles. The lowest BCUT2D eigenvalue weighted by molar-refractivity contribution is -0.753. The molecule has 5 aromatic rings. The van der Waals surface area contributed by atoms with Crippen LogP contribution >= 0.6 is 11.3 Å². The number of aromatic nitrogens is 5. The fourth-order valence-electron chi connectivity index (χ4n) is 5.20. The van der Waals surface area contributed by atoms with Gasteiger partial charge in [0, 0.05) is 46.2 Å². The summed E-state index contributed by atoms with van der Waals surface area (Å²) in [4.78, 5) is 33.4. The molecular formula is C35H35F2N8O5S+. The maximum atomic E-state index is 15.3. The van der Waals surface area contributed by atoms with Crippen LogP contribution in [0.4, 0.5) is 14.6 Å². The number of carbonyl (C=O) groups excluding carboxylic acids is 2. The van der Waals surface area contributed by atoms with Crippen molar-refractivity contribution in [3.8, 4) is 17.3 Å². The van der Waals surface area contributed by atoms with Crippen LogP contribution in [0.2, 0.25) is 0 Å². The Morgan fingerprint density at radius 1 is 1.14 bits per heavy atom. The molecule has 3 heterocycles. The smallest absolute Gasteiger partial charge is 0.328 e. The molecule has 1 unspecified atom stereocenters. The SMILES string of the molecule is CNCC(=O)OCc1cccnc1NCC(=O)OC(C)[n+]1cnn(C[C@](O)(c2cc(F)ccc2F)[C@@H](C)c2nc(-c3ccc(C#N)cc3)cs2)c1. The lowest BCUT2D eigenvalue weighted by Crippen LogP contribution is -2.41. The van der Waals surface area contributed by atoms with E-state index in [1.165, 1.54) is 39.4 Å². The normalized spacial score (nSPS) is 13.4. The van der Waals surface area contributed by atoms with Crippen LogP contribution in [0.15, 0.2) is 78.8 Å². The minimum absolute atomic E-state index is 0.0392. The number of aliphatic hydroxyl groups is 1. The number of anilines is 1. The van der Waals surface area contributed by atoms with Crippen molar-refractivity contribution < 1.29 is 37.5 Å². The molecule has 13 nitrogen and oxygen atoms in total. The van der Waals surface area contributed by atoms with E-state index in [0.29, 0.717) is 27.6 Å². The fourth-order valence-corrected chi connectivity index (χ4v) is 6.17. The van der Waals surface area contributed by atoms with Crippen molar-refractivity contribution in [3.63, 3.8) is 0 Å². The Kier molecular flexibility index (Phi) is 11.8. The summed E-state index contributed by atoms with van der Waals surface area (Å²) < 4.78 is 43.3. The average molecular weight is 718 g/mol. The number of benzene rings is 2. The van der Waals surface area contributed by atoms with Gasteiger partial charge in [-0.05, 0) is 43.4 Å². The van der Waals surface area contributed by atoms with Crippen molar-refractivity contribution in [2.24, 2.45) is 0 Å². The van der Waals surface area contributed by atoms with Crippen molar-refractivity contribution in [1.29, 1.82) is 5.26 Å². The molecule has 264 valence electrons. The molecule has 0 radical (unpaired) electrons. The Bertz CT molecular complexity index is 2030. The number of nitrogens with one attached hydrogen (secondary N) is 2. The number of esters is 2. The van der Waals surface area contributed by atoms with Crippen LogP contribution in [0.25, 0.3) is 11.3 Å². The average Bonchev–Trinajstić information content (AvgIpc) is 3.82. The molecular weight excluding hydrogens is 682 g/mol. The molecule has 2 aromatic carbocycles. The molecule has 0 aliphatic rings. The van der Waals surface area contributed by atoms with Gasteiger partial charge in [-0.3, -0.25) is 9.59 Å². The van der Waals surface area contributed by atoms with Gasteiger partial charge in [-0.25, -0.2) is 18.7 Å². The summed E-state index contributed by atoms with van der Waals surface area (Å²) in [5, 5.41) is 33.5. The molecule has 0 aliphatic carbocycles. The molecule has 3 atom stereocenters. The fraction of sp³-hybridized carbons (Fsp3) is 0.286. The Morgan fingerprint density at radius 2 is 1.92 bits per heavy atom. The van der Waals surface area contributed by atoms with Gasteiger partial charge in [0.05, 0.1) is 28.9 Å². The number of hydrogen-bond acceptors (Lipinski definition) is 12. The van der Waals surface area contributed by atoms with E-state index in [2.05, 4.69) is 31.8 Å². The number of nitriles is 1. The Hall–Kier alpha value is -5.63. The van der Waals surface area contributed by atoms with Gasteiger partial charge < -0.3 is 25.2 Å². The van der Waals surface area contributed by atoms with Crippen LogP contribution in [0.3, 0.4) is 0 Å². The largest absolute Gasteiger partial charge is 0.460 e. The summed E-state index contributed by atoms with van der Waals surface area (Å²) in [7, 11) is 1.63. The van der Waals surface area contributed by atoms with E-state index in [1.54, 1.807) is 62.7 Å². The van der Waals surface area contributed by atoms with E-state index in [9.17, 15) is 19.1 Å². The zero-order valence-corrected chi connectivity index (χ0v) is 28.7. The number of ether oxygens (including phenoxy) is 2. The molecule has 3 N–H and O–H groups in total. The summed E-state index contributed by atoms with van der Waals surface area (Å²) >= 11 is 1.25. The zero-order chi connectivity index (χ0) is 36.5. The lowest BCUT2D eigenvalue weighted by Gasteiger charge is -2.32. The van der Waals surface area contributed by atoms with Crippen molar-refractivity contribution in [1.82, 2.24) is 25.1 Å². The molecule has 3 aromatic heterocycles. The van der Waals surface area contributed by atoms with Crippen LogP contribution in [-0.4, -0.2) is 56.9 Å². The van der Waals surface area contributed by atoms with Crippen LogP contribution in [0, 0.1) is 23.0 Å². The van der Waals surface area contributed by atoms with E-state index in [4.69, 9.17) is 14.7 Å². The van der Waals surface area contributed by atoms with Gasteiger partial charge in [-0.2, -0.15) is 9.83 Å². The Morgan fingerprint density at radius 3 is 2.67 bits per heavy atom. The summed E-state index contributed by atoms with van der Waals surface area (Å²) in [6, 6.07) is 15.2. The first-order valence-corrected chi connectivity index (χ1v) is 16.6. The van der Waals surface area contributed by atoms with Crippen LogP contribution in [0.5, 0.6) is 0 Å². The molecule has 51 heavy (non-hydrogen) atoms. The van der Waals surface area contributed by atoms with Gasteiger partial charge in [0.2, 0.25) is 12.6 Å². The maximum Gasteiger partial charge on any atom is 0.328 e. The molecule has 0 spiro atoms. The third kappa shape index (κ3) is 8.94. The van der Waals surface area contributed by atoms with E-state index in [-0.39, 0.29) is 31.8 Å². The minimum Gasteiger partial charge on any atom is -0.460 e. The van der Waals surface area contributed by atoms with E-state index in [0.717, 1.165) is 23.8 Å². The number of halogens is 2. The number of carbonyl (C=O) groups is 2. The van der Waals surface area contributed by atoms with Crippen molar-refractivity contribution in [2.75, 3.05) is 25.5 Å². The number of thiazole rings is 1. The quantitative estimate of drug-likeness (QED) is 0.106. The first-order valence-electron chi connectivity index (χ1n) is 15.7. The highest BCUT2D eigenvalue weighted by Gasteiger charge is 2.43. The summed E-state index contributed by atoms with van der Waals surface area (Å²) in [5.41, 5.74) is 0.115. The highest BCUT2D eigenvalue weighted by molar-refractivity contribution is 7.10. The van der Waals surface area contributed by atoms with Gasteiger partial charge >= 0.3 is 11.9 Å². The zero-order valence-electron chi connectivity index (χ0n) is 27.9. The number of nitrogens with zero attached hydrogens (tertiary/aromatic N) is 6. The van der Waals surface area contributed by atoms with Gasteiger partial charge in [0.1, 0.15) is 42.7 Å². The summed E-state index contributed by atoms with van der Waals surface area (Å²) in [5.74, 6) is -3.09. The predicted molar refractivity (Wildman–Crippen MR) is 181 cm³/mol. The standard InChI is InChI=1S/C35H35F2N8O5S/c1-22(34-43-30(18-51-34)25-8-6-24(14-38)7-9-25)35(48,28-13-27(36)10-11-29(28)37)19-45-21-44(20-42-45)23(2)50-32(47)16-41-33-26(5-4-12-40-33)17-49-31(46)15-39-3/h4-13,18,20-23,39,48H,15-17,19H2,1-3H3,(H,40,41)/q+1/t22-,23?,35+/m0/s1. The van der Waals surface area contributed by atoms with Gasteiger partial charge in [0.15, 0.2) is 0 Å². The van der Waals surface area contributed by atoms with E-state index in [1.807, 2.05) is 0 Å². The highest BCUT2D eigenvalue weighted by atomic mass is 32.1. The van der Waals surface area contributed by atoms with Gasteiger partial charge in [-0.1, -0.05) is 25.1 Å². The molecule has 5 rings (SSSR count). The second kappa shape index (κ2) is 16.4. The molecule has 0 saturated heterocycles. The third-order valence-electron chi connectivity index (χ3n) is 8.04. The first-order chi connectivity index (χ1) is 24.5. The third-order valence-corrected chi connectivity index (χ3v) is 9.07. The van der Waals surface area contributed by atoms with Crippen molar-refractivity contribution >= 4 is 29.1 Å². The molecule has 0 bridgehead atoms. The maximum absolute atomic E-state index is 15.3. The van der Waals surface area contributed by atoms with Crippen LogP contribution in [-0.2, 0) is 37.8 Å². The number of likely N-dealkylation sites (N-methyl/N-ethyl adjacent to an activating group) is 1. The van der Waals surface area contributed by atoms with Gasteiger partial charge in [0.25, 0.3) is 6.33 Å². The predicted octanol–water partition coefficient (Wildman–Crippen LogP) is 3.97. The van der Waals surface area contributed by atoms with Crippen LogP contribution < -0.4 is 15.2 Å². The lowest BCUT2D eigenvalue weighted by atomic mass is 9.82. The molecule has 0 aliphatic heterocycles. The van der Waals surface area contributed by atoms with E-state index >= 15 is 4.39 Å². The first kappa shape index (κ1) is 36.6. The number of pyridine rings is 1. The van der Waals surface area contributed by atoms with Crippen molar-refractivity contribution in [3.05, 3.63) is 112 Å². The number of hydrogen-bond donors (Lipinski definition) is 3. The second-order valence-corrected chi connectivity index (χ2v) is 12.5. The summed E-state index contributed by atoms with van der Waals surface area (Å²) in [6.45, 7) is 2.73.